The SMILES string of the molecule is O=C(CC1(O)C(=O)Nc2cc(Cl)cc(Cl)c21)c1cccnc1. The molecule has 1 aromatic carbocycles. The summed E-state index contributed by atoms with van der Waals surface area (Å²) < 4.78 is 0. The minimum absolute atomic E-state index is 0.127. The van der Waals surface area contributed by atoms with Crippen LogP contribution in [-0.4, -0.2) is 21.8 Å². The van der Waals surface area contributed by atoms with Gasteiger partial charge in [0.2, 0.25) is 0 Å². The average molecular weight is 337 g/mol. The van der Waals surface area contributed by atoms with Gasteiger partial charge in [-0.25, -0.2) is 0 Å². The van der Waals surface area contributed by atoms with E-state index < -0.39 is 23.7 Å². The molecule has 1 unspecified atom stereocenters. The van der Waals surface area contributed by atoms with Gasteiger partial charge in [-0.1, -0.05) is 23.2 Å². The number of carbonyl (C=O) groups excluding carboxylic acids is 2. The molecule has 22 heavy (non-hydrogen) atoms. The molecular weight excluding hydrogens is 327 g/mol. The Kier molecular flexibility index (Phi) is 3.64. The van der Waals surface area contributed by atoms with Crippen LogP contribution in [0.4, 0.5) is 5.69 Å². The van der Waals surface area contributed by atoms with E-state index in [0.29, 0.717) is 16.3 Å². The summed E-state index contributed by atoms with van der Waals surface area (Å²) in [6.45, 7) is 0. The maximum atomic E-state index is 12.3. The molecule has 1 amide bonds. The molecule has 2 N–H and O–H groups in total. The van der Waals surface area contributed by atoms with Crippen molar-refractivity contribution in [3.8, 4) is 0 Å². The van der Waals surface area contributed by atoms with Crippen LogP contribution in [0.25, 0.3) is 0 Å². The second kappa shape index (κ2) is 5.35. The van der Waals surface area contributed by atoms with E-state index in [-0.39, 0.29) is 10.6 Å². The van der Waals surface area contributed by atoms with Crippen LogP contribution in [0.1, 0.15) is 22.3 Å². The highest BCUT2D eigenvalue weighted by Gasteiger charge is 2.48. The highest BCUT2D eigenvalue weighted by atomic mass is 35.5. The number of amides is 1. The van der Waals surface area contributed by atoms with Gasteiger partial charge in [0.15, 0.2) is 11.4 Å². The smallest absolute Gasteiger partial charge is 0.261 e. The van der Waals surface area contributed by atoms with Gasteiger partial charge in [0.25, 0.3) is 5.91 Å². The van der Waals surface area contributed by atoms with Crippen molar-refractivity contribution in [1.82, 2.24) is 4.98 Å². The fourth-order valence-electron chi connectivity index (χ4n) is 2.46. The Morgan fingerprint density at radius 3 is 2.82 bits per heavy atom. The van der Waals surface area contributed by atoms with Crippen molar-refractivity contribution in [3.05, 3.63) is 57.8 Å². The van der Waals surface area contributed by atoms with Gasteiger partial charge in [-0.3, -0.25) is 14.6 Å². The average Bonchev–Trinajstić information content (AvgIpc) is 2.70. The van der Waals surface area contributed by atoms with E-state index in [1.807, 2.05) is 0 Å². The normalized spacial score (nSPS) is 19.7. The lowest BCUT2D eigenvalue weighted by atomic mass is 9.88. The van der Waals surface area contributed by atoms with Gasteiger partial charge in [-0.2, -0.15) is 0 Å². The monoisotopic (exact) mass is 336 g/mol. The summed E-state index contributed by atoms with van der Waals surface area (Å²) in [5.74, 6) is -1.12. The summed E-state index contributed by atoms with van der Waals surface area (Å²) in [5, 5.41) is 13.7. The molecule has 2 aromatic rings. The van der Waals surface area contributed by atoms with Gasteiger partial charge in [0, 0.05) is 28.5 Å². The zero-order chi connectivity index (χ0) is 15.9. The quantitative estimate of drug-likeness (QED) is 0.844. The van der Waals surface area contributed by atoms with E-state index in [1.165, 1.54) is 24.5 Å². The summed E-state index contributed by atoms with van der Waals surface area (Å²) in [6, 6.07) is 6.07. The number of aromatic nitrogens is 1. The largest absolute Gasteiger partial charge is 0.375 e. The molecule has 0 aliphatic carbocycles. The van der Waals surface area contributed by atoms with Crippen LogP contribution in [-0.2, 0) is 10.4 Å². The lowest BCUT2D eigenvalue weighted by molar-refractivity contribution is -0.133. The fraction of sp³-hybridized carbons (Fsp3) is 0.133. The predicted octanol–water partition coefficient (Wildman–Crippen LogP) is 2.80. The number of aliphatic hydroxyl groups is 1. The van der Waals surface area contributed by atoms with Gasteiger partial charge in [-0.05, 0) is 24.3 Å². The molecule has 2 heterocycles. The Bertz CT molecular complexity index is 780. The first kappa shape index (κ1) is 15.0. The molecule has 7 heteroatoms. The Labute approximate surface area is 135 Å². The topological polar surface area (TPSA) is 79.3 Å². The number of pyridine rings is 1. The van der Waals surface area contributed by atoms with E-state index in [1.54, 1.807) is 12.1 Å². The summed E-state index contributed by atoms with van der Waals surface area (Å²) in [6.07, 6.45) is 2.48. The van der Waals surface area contributed by atoms with Crippen LogP contribution in [0.3, 0.4) is 0 Å². The number of ketones is 1. The molecule has 1 aromatic heterocycles. The molecule has 1 atom stereocenters. The van der Waals surface area contributed by atoms with Crippen LogP contribution < -0.4 is 5.32 Å². The highest BCUT2D eigenvalue weighted by Crippen LogP contribution is 2.44. The van der Waals surface area contributed by atoms with Crippen molar-refractivity contribution in [1.29, 1.82) is 0 Å². The van der Waals surface area contributed by atoms with Crippen molar-refractivity contribution in [2.24, 2.45) is 0 Å². The first-order valence-electron chi connectivity index (χ1n) is 6.38. The molecule has 1 aliphatic rings. The first-order valence-corrected chi connectivity index (χ1v) is 7.14. The number of carbonyl (C=O) groups is 2. The number of nitrogens with zero attached hydrogens (tertiary/aromatic N) is 1. The Morgan fingerprint density at radius 1 is 1.36 bits per heavy atom. The van der Waals surface area contributed by atoms with Crippen molar-refractivity contribution in [3.63, 3.8) is 0 Å². The number of anilines is 1. The number of benzene rings is 1. The fourth-order valence-corrected chi connectivity index (χ4v) is 3.11. The standard InChI is InChI=1S/C15H10Cl2N2O3/c16-9-4-10(17)13-11(5-9)19-14(21)15(13,22)6-12(20)8-2-1-3-18-7-8/h1-5,7,22H,6H2,(H,19,21). The Morgan fingerprint density at radius 2 is 2.14 bits per heavy atom. The van der Waals surface area contributed by atoms with Crippen molar-refractivity contribution in [2.75, 3.05) is 5.32 Å². The lowest BCUT2D eigenvalue weighted by Crippen LogP contribution is -2.36. The van der Waals surface area contributed by atoms with E-state index in [0.717, 1.165) is 0 Å². The summed E-state index contributed by atoms with van der Waals surface area (Å²) >= 11 is 12.0. The minimum Gasteiger partial charge on any atom is -0.375 e. The molecule has 112 valence electrons. The van der Waals surface area contributed by atoms with Crippen molar-refractivity contribution in [2.45, 2.75) is 12.0 Å². The third-order valence-corrected chi connectivity index (χ3v) is 4.01. The van der Waals surface area contributed by atoms with Crippen LogP contribution in [0.2, 0.25) is 10.0 Å². The van der Waals surface area contributed by atoms with Crippen molar-refractivity contribution >= 4 is 40.6 Å². The molecule has 0 saturated heterocycles. The number of fused-ring (bicyclic) bond motifs is 1. The van der Waals surface area contributed by atoms with E-state index in [2.05, 4.69) is 10.3 Å². The maximum Gasteiger partial charge on any atom is 0.261 e. The maximum absolute atomic E-state index is 12.3. The highest BCUT2D eigenvalue weighted by molar-refractivity contribution is 6.36. The first-order chi connectivity index (χ1) is 10.4. The molecule has 0 bridgehead atoms. The number of Topliss-reactive ketones (excluding diaryl/α,β-unsaturated/α-hetero) is 1. The minimum atomic E-state index is -2.02. The summed E-state index contributed by atoms with van der Waals surface area (Å²) in [5.41, 5.74) is -1.24. The van der Waals surface area contributed by atoms with Gasteiger partial charge in [-0.15, -0.1) is 0 Å². The van der Waals surface area contributed by atoms with E-state index >= 15 is 0 Å². The molecular formula is C15H10Cl2N2O3. The molecule has 0 fully saturated rings. The van der Waals surface area contributed by atoms with Gasteiger partial charge in [0.05, 0.1) is 17.1 Å². The summed E-state index contributed by atoms with van der Waals surface area (Å²) in [4.78, 5) is 28.3. The van der Waals surface area contributed by atoms with Crippen LogP contribution in [0, 0.1) is 0 Å². The van der Waals surface area contributed by atoms with Gasteiger partial charge >= 0.3 is 0 Å². The third-order valence-electron chi connectivity index (χ3n) is 3.49. The van der Waals surface area contributed by atoms with Gasteiger partial charge < -0.3 is 10.4 Å². The zero-order valence-electron chi connectivity index (χ0n) is 11.1. The number of hydrogen-bond donors (Lipinski definition) is 2. The van der Waals surface area contributed by atoms with Crippen LogP contribution in [0.15, 0.2) is 36.7 Å². The Hall–Kier alpha value is -1.95. The third kappa shape index (κ3) is 2.37. The molecule has 1 aliphatic heterocycles. The Balaban J connectivity index is 2.01. The number of hydrogen-bond acceptors (Lipinski definition) is 4. The molecule has 5 nitrogen and oxygen atoms in total. The number of halogens is 2. The van der Waals surface area contributed by atoms with E-state index in [9.17, 15) is 14.7 Å². The second-order valence-corrected chi connectivity index (χ2v) is 5.81. The van der Waals surface area contributed by atoms with Crippen molar-refractivity contribution < 1.29 is 14.7 Å². The number of rotatable bonds is 3. The number of nitrogens with one attached hydrogen (secondary N) is 1. The zero-order valence-corrected chi connectivity index (χ0v) is 12.6. The molecule has 0 radical (unpaired) electrons. The van der Waals surface area contributed by atoms with Crippen LogP contribution in [0.5, 0.6) is 0 Å². The molecule has 0 saturated carbocycles. The van der Waals surface area contributed by atoms with Crippen LogP contribution >= 0.6 is 23.2 Å². The lowest BCUT2D eigenvalue weighted by Gasteiger charge is -2.21. The van der Waals surface area contributed by atoms with Gasteiger partial charge in [0.1, 0.15) is 0 Å². The predicted molar refractivity (Wildman–Crippen MR) is 82.2 cm³/mol. The van der Waals surface area contributed by atoms with E-state index in [4.69, 9.17) is 23.2 Å². The second-order valence-electron chi connectivity index (χ2n) is 4.97. The summed E-state index contributed by atoms with van der Waals surface area (Å²) in [7, 11) is 0. The molecule has 3 rings (SSSR count). The molecule has 0 spiro atoms.